The Kier molecular flexibility index (Phi) is 5.96. The van der Waals surface area contributed by atoms with Crippen molar-refractivity contribution in [2.75, 3.05) is 0 Å². The van der Waals surface area contributed by atoms with Gasteiger partial charge >= 0.3 is 0 Å². The maximum absolute atomic E-state index is 12.1. The monoisotopic (exact) mass is 410 g/mol. The molecule has 1 amide bonds. The first kappa shape index (κ1) is 18.1. The molecule has 0 unspecified atom stereocenters. The molecule has 26 heavy (non-hydrogen) atoms. The predicted molar refractivity (Wildman–Crippen MR) is 105 cm³/mol. The van der Waals surface area contributed by atoms with E-state index in [1.165, 1.54) is 6.08 Å². The zero-order valence-corrected chi connectivity index (χ0v) is 15.9. The van der Waals surface area contributed by atoms with Gasteiger partial charge in [0, 0.05) is 10.5 Å². The van der Waals surface area contributed by atoms with Gasteiger partial charge in [0.15, 0.2) is 0 Å². The third-order valence-corrected chi connectivity index (χ3v) is 4.60. The molecule has 3 aromatic rings. The molecule has 0 fully saturated rings. The average molecular weight is 411 g/mol. The van der Waals surface area contributed by atoms with E-state index in [1.54, 1.807) is 10.8 Å². The first-order valence-electron chi connectivity index (χ1n) is 8.29. The van der Waals surface area contributed by atoms with Gasteiger partial charge in [0.2, 0.25) is 5.91 Å². The van der Waals surface area contributed by atoms with E-state index in [2.05, 4.69) is 31.6 Å². The lowest BCUT2D eigenvalue weighted by Gasteiger charge is -2.14. The van der Waals surface area contributed by atoms with Crippen LogP contribution in [0.25, 0.3) is 6.08 Å². The van der Waals surface area contributed by atoms with E-state index in [-0.39, 0.29) is 11.9 Å². The summed E-state index contributed by atoms with van der Waals surface area (Å²) in [7, 11) is 0. The minimum atomic E-state index is -0.175. The number of nitrogens with zero attached hydrogens (tertiary/aromatic N) is 3. The highest BCUT2D eigenvalue weighted by molar-refractivity contribution is 9.10. The highest BCUT2D eigenvalue weighted by atomic mass is 79.9. The summed E-state index contributed by atoms with van der Waals surface area (Å²) in [4.78, 5) is 12.1. The van der Waals surface area contributed by atoms with Crippen LogP contribution in [-0.2, 0) is 11.3 Å². The Balaban J connectivity index is 1.58. The maximum Gasteiger partial charge on any atom is 0.244 e. The Morgan fingerprint density at radius 3 is 2.69 bits per heavy atom. The molecular formula is C20H19BrN4O. The minimum Gasteiger partial charge on any atom is -0.346 e. The van der Waals surface area contributed by atoms with Crippen LogP contribution in [-0.4, -0.2) is 20.9 Å². The van der Waals surface area contributed by atoms with Crippen molar-refractivity contribution in [1.29, 1.82) is 0 Å². The van der Waals surface area contributed by atoms with Gasteiger partial charge in [-0.15, -0.1) is 5.10 Å². The lowest BCUT2D eigenvalue weighted by Crippen LogP contribution is -2.24. The molecule has 6 heteroatoms. The van der Waals surface area contributed by atoms with Crippen molar-refractivity contribution in [3.05, 3.63) is 88.2 Å². The van der Waals surface area contributed by atoms with Crippen molar-refractivity contribution in [2.45, 2.75) is 19.5 Å². The standard InChI is InChI=1S/C20H19BrN4O/c1-15(18-9-5-6-10-19(18)21)22-20(26)12-11-17-14-25(24-23-17)13-16-7-3-2-4-8-16/h2-12,14-15H,13H2,1H3,(H,22,26)/b12-11+/t15-/m0/s1. The molecule has 1 heterocycles. The molecule has 1 N–H and O–H groups in total. The summed E-state index contributed by atoms with van der Waals surface area (Å²) in [6.07, 6.45) is 4.95. The Morgan fingerprint density at radius 2 is 1.92 bits per heavy atom. The molecule has 0 aliphatic rings. The summed E-state index contributed by atoms with van der Waals surface area (Å²) >= 11 is 3.50. The lowest BCUT2D eigenvalue weighted by atomic mass is 10.1. The molecule has 2 aromatic carbocycles. The molecule has 0 bridgehead atoms. The number of hydrogen-bond acceptors (Lipinski definition) is 3. The summed E-state index contributed by atoms with van der Waals surface area (Å²) in [5.74, 6) is -0.175. The number of carbonyl (C=O) groups excluding carboxylic acids is 1. The van der Waals surface area contributed by atoms with Gasteiger partial charge in [-0.3, -0.25) is 4.79 Å². The number of benzene rings is 2. The molecule has 1 aromatic heterocycles. The molecule has 0 aliphatic carbocycles. The number of aromatic nitrogens is 3. The Bertz CT molecular complexity index is 905. The summed E-state index contributed by atoms with van der Waals surface area (Å²) in [5.41, 5.74) is 2.82. The van der Waals surface area contributed by atoms with E-state index in [9.17, 15) is 4.79 Å². The van der Waals surface area contributed by atoms with Gasteiger partial charge < -0.3 is 5.32 Å². The molecule has 3 rings (SSSR count). The van der Waals surface area contributed by atoms with Crippen molar-refractivity contribution in [3.63, 3.8) is 0 Å². The number of carbonyl (C=O) groups is 1. The van der Waals surface area contributed by atoms with E-state index in [1.807, 2.05) is 67.7 Å². The SMILES string of the molecule is C[C@H](NC(=O)/C=C/c1cn(Cc2ccccc2)nn1)c1ccccc1Br. The zero-order valence-electron chi connectivity index (χ0n) is 14.3. The van der Waals surface area contributed by atoms with Crippen molar-refractivity contribution in [2.24, 2.45) is 0 Å². The number of nitrogens with one attached hydrogen (secondary N) is 1. The van der Waals surface area contributed by atoms with Gasteiger partial charge in [0.25, 0.3) is 0 Å². The molecular weight excluding hydrogens is 392 g/mol. The molecule has 0 aliphatic heterocycles. The topological polar surface area (TPSA) is 59.8 Å². The third kappa shape index (κ3) is 4.89. The summed E-state index contributed by atoms with van der Waals surface area (Å²) in [6, 6.07) is 17.8. The van der Waals surface area contributed by atoms with E-state index in [0.717, 1.165) is 15.6 Å². The highest BCUT2D eigenvalue weighted by Crippen LogP contribution is 2.22. The second-order valence-electron chi connectivity index (χ2n) is 5.91. The van der Waals surface area contributed by atoms with Crippen molar-refractivity contribution < 1.29 is 4.79 Å². The second kappa shape index (κ2) is 8.58. The van der Waals surface area contributed by atoms with Crippen LogP contribution in [0.5, 0.6) is 0 Å². The Labute approximate surface area is 160 Å². The smallest absolute Gasteiger partial charge is 0.244 e. The molecule has 5 nitrogen and oxygen atoms in total. The normalized spacial score (nSPS) is 12.2. The van der Waals surface area contributed by atoms with E-state index in [0.29, 0.717) is 12.2 Å². The van der Waals surface area contributed by atoms with Crippen molar-refractivity contribution >= 4 is 27.9 Å². The molecule has 0 saturated carbocycles. The van der Waals surface area contributed by atoms with Crippen LogP contribution < -0.4 is 5.32 Å². The molecule has 0 spiro atoms. The first-order chi connectivity index (χ1) is 12.6. The van der Waals surface area contributed by atoms with E-state index < -0.39 is 0 Å². The molecule has 0 saturated heterocycles. The Morgan fingerprint density at radius 1 is 1.19 bits per heavy atom. The van der Waals surface area contributed by atoms with Gasteiger partial charge in [-0.05, 0) is 30.2 Å². The van der Waals surface area contributed by atoms with Crippen LogP contribution >= 0.6 is 15.9 Å². The summed E-state index contributed by atoms with van der Waals surface area (Å²) in [6.45, 7) is 2.59. The average Bonchev–Trinajstić information content (AvgIpc) is 3.08. The second-order valence-corrected chi connectivity index (χ2v) is 6.77. The number of hydrogen-bond donors (Lipinski definition) is 1. The van der Waals surface area contributed by atoms with Crippen LogP contribution in [0.2, 0.25) is 0 Å². The van der Waals surface area contributed by atoms with Crippen LogP contribution in [0.4, 0.5) is 0 Å². The van der Waals surface area contributed by atoms with Gasteiger partial charge in [-0.1, -0.05) is 69.7 Å². The van der Waals surface area contributed by atoms with Gasteiger partial charge in [-0.2, -0.15) is 0 Å². The third-order valence-electron chi connectivity index (χ3n) is 3.88. The summed E-state index contributed by atoms with van der Waals surface area (Å²) < 4.78 is 2.72. The fraction of sp³-hybridized carbons (Fsp3) is 0.150. The molecule has 0 radical (unpaired) electrons. The van der Waals surface area contributed by atoms with Crippen molar-refractivity contribution in [3.8, 4) is 0 Å². The number of halogens is 1. The lowest BCUT2D eigenvalue weighted by molar-refractivity contribution is -0.117. The van der Waals surface area contributed by atoms with Gasteiger partial charge in [0.05, 0.1) is 18.8 Å². The fourth-order valence-electron chi connectivity index (χ4n) is 2.56. The van der Waals surface area contributed by atoms with E-state index >= 15 is 0 Å². The predicted octanol–water partition coefficient (Wildman–Crippen LogP) is 3.98. The largest absolute Gasteiger partial charge is 0.346 e. The zero-order chi connectivity index (χ0) is 18.4. The van der Waals surface area contributed by atoms with Gasteiger partial charge in [-0.25, -0.2) is 4.68 Å². The highest BCUT2D eigenvalue weighted by Gasteiger charge is 2.10. The van der Waals surface area contributed by atoms with Crippen LogP contribution in [0.15, 0.2) is 71.3 Å². The fourth-order valence-corrected chi connectivity index (χ4v) is 3.19. The number of rotatable bonds is 6. The van der Waals surface area contributed by atoms with Crippen molar-refractivity contribution in [1.82, 2.24) is 20.3 Å². The maximum atomic E-state index is 12.1. The number of amides is 1. The van der Waals surface area contributed by atoms with Gasteiger partial charge in [0.1, 0.15) is 5.69 Å². The summed E-state index contributed by atoms with van der Waals surface area (Å²) in [5, 5.41) is 11.1. The molecule has 132 valence electrons. The minimum absolute atomic E-state index is 0.100. The quantitative estimate of drug-likeness (QED) is 0.625. The molecule has 1 atom stereocenters. The van der Waals surface area contributed by atoms with Crippen LogP contribution in [0.1, 0.15) is 29.8 Å². The van der Waals surface area contributed by atoms with Crippen LogP contribution in [0.3, 0.4) is 0 Å². The Hall–Kier alpha value is -2.73. The first-order valence-corrected chi connectivity index (χ1v) is 9.08. The van der Waals surface area contributed by atoms with E-state index in [4.69, 9.17) is 0 Å². The van der Waals surface area contributed by atoms with Crippen LogP contribution in [0, 0.1) is 0 Å².